The van der Waals surface area contributed by atoms with Crippen LogP contribution in [0.1, 0.15) is 58.9 Å². The number of nitrogens with one attached hydrogen (secondary N) is 2. The lowest BCUT2D eigenvalue weighted by molar-refractivity contribution is -0.135. The van der Waals surface area contributed by atoms with Crippen LogP contribution in [0.3, 0.4) is 0 Å². The summed E-state index contributed by atoms with van der Waals surface area (Å²) >= 11 is 0. The molecule has 3 aliphatic rings. The highest BCUT2D eigenvalue weighted by atomic mass is 16.2. The SMILES string of the molecule is CCN1CCc2ccc(NC(=O)CN3C(=O)NC4(CCC(C(C)(C)C)CC4)C3=O)cc21. The molecule has 0 unspecified atom stereocenters. The van der Waals surface area contributed by atoms with E-state index in [9.17, 15) is 14.4 Å². The zero-order valence-electron chi connectivity index (χ0n) is 19.1. The van der Waals surface area contributed by atoms with E-state index in [-0.39, 0.29) is 23.8 Å². The fourth-order valence-electron chi connectivity index (χ4n) is 5.33. The minimum atomic E-state index is -0.839. The van der Waals surface area contributed by atoms with Crippen molar-refractivity contribution in [2.24, 2.45) is 11.3 Å². The molecule has 7 nitrogen and oxygen atoms in total. The smallest absolute Gasteiger partial charge is 0.325 e. The number of amides is 4. The van der Waals surface area contributed by atoms with E-state index in [2.05, 4.69) is 43.2 Å². The minimum Gasteiger partial charge on any atom is -0.371 e. The van der Waals surface area contributed by atoms with Crippen LogP contribution in [0.5, 0.6) is 0 Å². The standard InChI is InChI=1S/C24H34N4O3/c1-5-27-13-10-16-6-7-18(14-19(16)27)25-20(29)15-28-21(30)24(26-22(28)31)11-8-17(9-12-24)23(2,3)4/h6-7,14,17H,5,8-13,15H2,1-4H3,(H,25,29)(H,26,31). The zero-order valence-corrected chi connectivity index (χ0v) is 19.1. The highest BCUT2D eigenvalue weighted by Gasteiger charge is 2.53. The first-order chi connectivity index (χ1) is 14.6. The number of hydrogen-bond donors (Lipinski definition) is 2. The van der Waals surface area contributed by atoms with Crippen molar-refractivity contribution in [1.82, 2.24) is 10.2 Å². The number of anilines is 2. The van der Waals surface area contributed by atoms with Gasteiger partial charge in [0.1, 0.15) is 12.1 Å². The van der Waals surface area contributed by atoms with Gasteiger partial charge in [0.15, 0.2) is 0 Å². The van der Waals surface area contributed by atoms with Gasteiger partial charge in [-0.2, -0.15) is 0 Å². The number of rotatable bonds is 4. The second-order valence-electron chi connectivity index (χ2n) is 10.3. The molecule has 2 aliphatic heterocycles. The Hall–Kier alpha value is -2.57. The Kier molecular flexibility index (Phi) is 5.48. The third kappa shape index (κ3) is 4.02. The third-order valence-corrected chi connectivity index (χ3v) is 7.35. The van der Waals surface area contributed by atoms with Gasteiger partial charge in [-0.3, -0.25) is 14.5 Å². The maximum absolute atomic E-state index is 13.1. The Morgan fingerprint density at radius 1 is 1.23 bits per heavy atom. The van der Waals surface area contributed by atoms with Crippen molar-refractivity contribution >= 4 is 29.2 Å². The van der Waals surface area contributed by atoms with Gasteiger partial charge in [-0.15, -0.1) is 0 Å². The summed E-state index contributed by atoms with van der Waals surface area (Å²) in [6.45, 7) is 10.4. The molecule has 0 radical (unpaired) electrons. The predicted molar refractivity (Wildman–Crippen MR) is 121 cm³/mol. The van der Waals surface area contributed by atoms with E-state index in [4.69, 9.17) is 0 Å². The second kappa shape index (κ2) is 7.84. The molecule has 2 fully saturated rings. The summed E-state index contributed by atoms with van der Waals surface area (Å²) in [4.78, 5) is 41.7. The van der Waals surface area contributed by atoms with Crippen LogP contribution in [0.25, 0.3) is 0 Å². The first-order valence-corrected chi connectivity index (χ1v) is 11.4. The molecule has 4 amide bonds. The molecule has 7 heteroatoms. The third-order valence-electron chi connectivity index (χ3n) is 7.35. The average molecular weight is 427 g/mol. The fraction of sp³-hybridized carbons (Fsp3) is 0.625. The van der Waals surface area contributed by atoms with Crippen LogP contribution >= 0.6 is 0 Å². The Labute approximate surface area is 184 Å². The van der Waals surface area contributed by atoms with Crippen LogP contribution in [0.2, 0.25) is 0 Å². The molecule has 168 valence electrons. The number of likely N-dealkylation sites (N-methyl/N-ethyl adjacent to an activating group) is 1. The van der Waals surface area contributed by atoms with E-state index in [0.29, 0.717) is 24.4 Å². The molecule has 1 aromatic rings. The summed E-state index contributed by atoms with van der Waals surface area (Å²) in [5.74, 6) is -0.0845. The highest BCUT2D eigenvalue weighted by Crippen LogP contribution is 2.43. The molecule has 0 aromatic heterocycles. The highest BCUT2D eigenvalue weighted by molar-refractivity contribution is 6.10. The van der Waals surface area contributed by atoms with Crippen molar-refractivity contribution in [2.45, 2.75) is 65.3 Å². The van der Waals surface area contributed by atoms with Gasteiger partial charge < -0.3 is 15.5 Å². The molecule has 0 bridgehead atoms. The van der Waals surface area contributed by atoms with Crippen molar-refractivity contribution in [3.8, 4) is 0 Å². The second-order valence-corrected chi connectivity index (χ2v) is 10.3. The van der Waals surface area contributed by atoms with Crippen molar-refractivity contribution in [3.63, 3.8) is 0 Å². The summed E-state index contributed by atoms with van der Waals surface area (Å²) in [6.07, 6.45) is 4.08. The number of carbonyl (C=O) groups is 3. The van der Waals surface area contributed by atoms with Gasteiger partial charge in [0.2, 0.25) is 5.91 Å². The maximum atomic E-state index is 13.1. The molecule has 1 aromatic carbocycles. The van der Waals surface area contributed by atoms with Gasteiger partial charge in [-0.1, -0.05) is 26.8 Å². The van der Waals surface area contributed by atoms with E-state index in [1.54, 1.807) is 0 Å². The monoisotopic (exact) mass is 426 g/mol. The normalized spacial score (nSPS) is 25.7. The lowest BCUT2D eigenvalue weighted by atomic mass is 9.67. The zero-order chi connectivity index (χ0) is 22.4. The summed E-state index contributed by atoms with van der Waals surface area (Å²) in [7, 11) is 0. The topological polar surface area (TPSA) is 81.8 Å². The average Bonchev–Trinajstić information content (AvgIpc) is 3.22. The van der Waals surface area contributed by atoms with E-state index < -0.39 is 11.6 Å². The first-order valence-electron chi connectivity index (χ1n) is 11.4. The molecule has 2 N–H and O–H groups in total. The number of fused-ring (bicyclic) bond motifs is 1. The number of urea groups is 1. The number of benzene rings is 1. The molecule has 2 heterocycles. The Bertz CT molecular complexity index is 897. The molecule has 1 spiro atoms. The lowest BCUT2D eigenvalue weighted by Crippen LogP contribution is -2.50. The van der Waals surface area contributed by atoms with E-state index >= 15 is 0 Å². The Balaban J connectivity index is 1.39. The predicted octanol–water partition coefficient (Wildman–Crippen LogP) is 3.53. The molecular formula is C24H34N4O3. The van der Waals surface area contributed by atoms with Gasteiger partial charge in [-0.25, -0.2) is 4.79 Å². The molecule has 1 aliphatic carbocycles. The number of nitrogens with zero attached hydrogens (tertiary/aromatic N) is 2. The molecule has 31 heavy (non-hydrogen) atoms. The Morgan fingerprint density at radius 3 is 2.58 bits per heavy atom. The number of hydrogen-bond acceptors (Lipinski definition) is 4. The van der Waals surface area contributed by atoms with Gasteiger partial charge in [0, 0.05) is 24.5 Å². The molecule has 1 saturated heterocycles. The van der Waals surface area contributed by atoms with Gasteiger partial charge >= 0.3 is 6.03 Å². The van der Waals surface area contributed by atoms with Crippen molar-refractivity contribution in [2.75, 3.05) is 29.9 Å². The number of imide groups is 1. The van der Waals surface area contributed by atoms with Crippen molar-refractivity contribution in [1.29, 1.82) is 0 Å². The van der Waals surface area contributed by atoms with Gasteiger partial charge in [-0.05, 0) is 68.1 Å². The summed E-state index contributed by atoms with van der Waals surface area (Å²) in [5.41, 5.74) is 2.47. The molecule has 1 saturated carbocycles. The quantitative estimate of drug-likeness (QED) is 0.722. The van der Waals surface area contributed by atoms with E-state index in [1.807, 2.05) is 18.2 Å². The minimum absolute atomic E-state index is 0.191. The summed E-state index contributed by atoms with van der Waals surface area (Å²) < 4.78 is 0. The Morgan fingerprint density at radius 2 is 1.94 bits per heavy atom. The van der Waals surface area contributed by atoms with Crippen LogP contribution in [0.4, 0.5) is 16.2 Å². The number of carbonyl (C=O) groups excluding carboxylic acids is 3. The summed E-state index contributed by atoms with van der Waals surface area (Å²) in [6, 6.07) is 5.44. The lowest BCUT2D eigenvalue weighted by Gasteiger charge is -2.40. The van der Waals surface area contributed by atoms with Crippen LogP contribution in [-0.4, -0.2) is 47.9 Å². The van der Waals surface area contributed by atoms with Crippen LogP contribution in [0, 0.1) is 11.3 Å². The largest absolute Gasteiger partial charge is 0.371 e. The molecule has 4 rings (SSSR count). The van der Waals surface area contributed by atoms with Gasteiger partial charge in [0.05, 0.1) is 0 Å². The first kappa shape index (κ1) is 21.7. The summed E-state index contributed by atoms with van der Waals surface area (Å²) in [5, 5.41) is 5.77. The maximum Gasteiger partial charge on any atom is 0.325 e. The van der Waals surface area contributed by atoms with E-state index in [1.165, 1.54) is 5.56 Å². The van der Waals surface area contributed by atoms with Crippen molar-refractivity contribution in [3.05, 3.63) is 23.8 Å². The van der Waals surface area contributed by atoms with E-state index in [0.717, 1.165) is 42.9 Å². The molecular weight excluding hydrogens is 392 g/mol. The molecule has 0 atom stereocenters. The van der Waals surface area contributed by atoms with Gasteiger partial charge in [0.25, 0.3) is 5.91 Å². The van der Waals surface area contributed by atoms with Crippen LogP contribution in [0.15, 0.2) is 18.2 Å². The van der Waals surface area contributed by atoms with Crippen LogP contribution in [-0.2, 0) is 16.0 Å². The fourth-order valence-corrected chi connectivity index (χ4v) is 5.33. The van der Waals surface area contributed by atoms with Crippen LogP contribution < -0.4 is 15.5 Å². The van der Waals surface area contributed by atoms with Crippen molar-refractivity contribution < 1.29 is 14.4 Å².